The lowest BCUT2D eigenvalue weighted by atomic mass is 10.0. The van der Waals surface area contributed by atoms with Crippen LogP contribution in [0.2, 0.25) is 0 Å². The second-order valence-corrected chi connectivity index (χ2v) is 9.72. The van der Waals surface area contributed by atoms with Crippen molar-refractivity contribution in [3.05, 3.63) is 36.4 Å². The Morgan fingerprint density at radius 1 is 0.846 bits per heavy atom. The van der Waals surface area contributed by atoms with Gasteiger partial charge in [0.15, 0.2) is 23.0 Å². The summed E-state index contributed by atoms with van der Waals surface area (Å²) in [5, 5.41) is 12.1. The molecule has 0 saturated carbocycles. The fraction of sp³-hybridized carbons (Fsp3) is 0.448. The van der Waals surface area contributed by atoms with Gasteiger partial charge >= 0.3 is 0 Å². The lowest BCUT2D eigenvalue weighted by molar-refractivity contribution is -0.120. The number of methoxy groups -OCH3 is 2. The minimum absolute atomic E-state index is 0.0239. The molecule has 0 bridgehead atoms. The standard InChI is InChI=1S/C29H38N4O5S/c1-7-11-16-30-28(34)25(8-2)39-29-31-26(19-12-14-21(37-9-3)23(17-19)35-5)27(32-33-29)20-13-15-22(38-10-4)24(18-20)36-6/h12-15,17-18,25H,7-11,16H2,1-6H3,(H,30,34)/t25-/m0/s1. The fourth-order valence-corrected chi connectivity index (χ4v) is 4.73. The van der Waals surface area contributed by atoms with Gasteiger partial charge in [-0.1, -0.05) is 32.0 Å². The first kappa shape index (κ1) is 30.0. The lowest BCUT2D eigenvalue weighted by Gasteiger charge is -2.16. The van der Waals surface area contributed by atoms with Crippen molar-refractivity contribution < 1.29 is 23.7 Å². The van der Waals surface area contributed by atoms with Crippen LogP contribution in [0.3, 0.4) is 0 Å². The van der Waals surface area contributed by atoms with Crippen LogP contribution in [-0.4, -0.2) is 60.3 Å². The number of unbranched alkanes of at least 4 members (excludes halogenated alkanes) is 1. The van der Waals surface area contributed by atoms with Crippen molar-refractivity contribution >= 4 is 17.7 Å². The molecule has 1 atom stereocenters. The highest BCUT2D eigenvalue weighted by molar-refractivity contribution is 8.00. The number of amides is 1. The molecule has 39 heavy (non-hydrogen) atoms. The molecule has 1 heterocycles. The van der Waals surface area contributed by atoms with Crippen LogP contribution >= 0.6 is 11.8 Å². The van der Waals surface area contributed by atoms with E-state index in [1.165, 1.54) is 11.8 Å². The Hall–Kier alpha value is -3.53. The van der Waals surface area contributed by atoms with Gasteiger partial charge in [0, 0.05) is 17.7 Å². The van der Waals surface area contributed by atoms with Crippen molar-refractivity contribution in [3.8, 4) is 45.5 Å². The first-order valence-electron chi connectivity index (χ1n) is 13.3. The number of nitrogens with zero attached hydrogens (tertiary/aromatic N) is 3. The van der Waals surface area contributed by atoms with Crippen molar-refractivity contribution in [2.75, 3.05) is 34.0 Å². The summed E-state index contributed by atoms with van der Waals surface area (Å²) in [4.78, 5) is 17.7. The number of rotatable bonds is 15. The molecular formula is C29H38N4O5S. The largest absolute Gasteiger partial charge is 0.493 e. The van der Waals surface area contributed by atoms with Gasteiger partial charge in [0.25, 0.3) is 0 Å². The Bertz CT molecular complexity index is 1240. The number of carbonyl (C=O) groups excluding carboxylic acids is 1. The number of thioether (sulfide) groups is 1. The molecule has 0 aliphatic carbocycles. The highest BCUT2D eigenvalue weighted by Gasteiger charge is 2.22. The van der Waals surface area contributed by atoms with Gasteiger partial charge in [-0.25, -0.2) is 4.98 Å². The molecule has 0 fully saturated rings. The van der Waals surface area contributed by atoms with Gasteiger partial charge in [0.1, 0.15) is 11.4 Å². The summed E-state index contributed by atoms with van der Waals surface area (Å²) in [6.07, 6.45) is 2.59. The Balaban J connectivity index is 2.08. The maximum Gasteiger partial charge on any atom is 0.233 e. The van der Waals surface area contributed by atoms with Crippen molar-refractivity contribution in [1.82, 2.24) is 20.5 Å². The summed E-state index contributed by atoms with van der Waals surface area (Å²) >= 11 is 1.31. The van der Waals surface area contributed by atoms with Crippen molar-refractivity contribution in [2.45, 2.75) is 57.4 Å². The quantitative estimate of drug-likeness (QED) is 0.184. The molecule has 1 amide bonds. The molecule has 3 rings (SSSR count). The number of carbonyl (C=O) groups is 1. The molecular weight excluding hydrogens is 516 g/mol. The molecule has 10 heteroatoms. The van der Waals surface area contributed by atoms with Crippen LogP contribution in [0, 0.1) is 0 Å². The van der Waals surface area contributed by atoms with E-state index in [2.05, 4.69) is 22.4 Å². The van der Waals surface area contributed by atoms with Crippen molar-refractivity contribution in [3.63, 3.8) is 0 Å². The van der Waals surface area contributed by atoms with Gasteiger partial charge in [-0.15, -0.1) is 10.2 Å². The summed E-state index contributed by atoms with van der Waals surface area (Å²) in [7, 11) is 3.20. The van der Waals surface area contributed by atoms with E-state index < -0.39 is 0 Å². The Kier molecular flexibility index (Phi) is 11.7. The monoisotopic (exact) mass is 554 g/mol. The number of hydrogen-bond donors (Lipinski definition) is 1. The first-order valence-corrected chi connectivity index (χ1v) is 14.2. The highest BCUT2D eigenvalue weighted by atomic mass is 32.2. The maximum atomic E-state index is 12.8. The number of benzene rings is 2. The third-order valence-electron chi connectivity index (χ3n) is 5.88. The number of hydrogen-bond acceptors (Lipinski definition) is 9. The zero-order chi connectivity index (χ0) is 28.2. The van der Waals surface area contributed by atoms with Crippen LogP contribution in [0.15, 0.2) is 41.6 Å². The molecule has 1 aromatic heterocycles. The van der Waals surface area contributed by atoms with Crippen LogP contribution in [-0.2, 0) is 4.79 Å². The molecule has 2 aromatic carbocycles. The molecule has 210 valence electrons. The van der Waals surface area contributed by atoms with E-state index in [0.29, 0.717) is 65.7 Å². The lowest BCUT2D eigenvalue weighted by Crippen LogP contribution is -2.33. The second-order valence-electron chi connectivity index (χ2n) is 8.55. The predicted octanol–water partition coefficient (Wildman–Crippen LogP) is 5.81. The molecule has 0 saturated heterocycles. The van der Waals surface area contributed by atoms with Gasteiger partial charge in [-0.05, 0) is 63.1 Å². The van der Waals surface area contributed by atoms with Gasteiger partial charge in [-0.2, -0.15) is 0 Å². The molecule has 0 spiro atoms. The molecule has 3 aromatic rings. The normalized spacial score (nSPS) is 11.5. The summed E-state index contributed by atoms with van der Waals surface area (Å²) in [6.45, 7) is 9.60. The maximum absolute atomic E-state index is 12.8. The number of nitrogens with one attached hydrogen (secondary N) is 1. The summed E-state index contributed by atoms with van der Waals surface area (Å²) in [5.74, 6) is 2.42. The van der Waals surface area contributed by atoms with Crippen LogP contribution < -0.4 is 24.3 Å². The van der Waals surface area contributed by atoms with Crippen LogP contribution in [0.25, 0.3) is 22.5 Å². The molecule has 0 aliphatic rings. The second kappa shape index (κ2) is 15.2. The molecule has 0 radical (unpaired) electrons. The third-order valence-corrected chi connectivity index (χ3v) is 7.10. The zero-order valence-corrected chi connectivity index (χ0v) is 24.4. The van der Waals surface area contributed by atoms with Crippen LogP contribution in [0.4, 0.5) is 0 Å². The van der Waals surface area contributed by atoms with Crippen molar-refractivity contribution in [2.24, 2.45) is 0 Å². The topological polar surface area (TPSA) is 105 Å². The first-order chi connectivity index (χ1) is 19.0. The van der Waals surface area contributed by atoms with E-state index in [4.69, 9.17) is 23.9 Å². The van der Waals surface area contributed by atoms with E-state index >= 15 is 0 Å². The number of ether oxygens (including phenoxy) is 4. The highest BCUT2D eigenvalue weighted by Crippen LogP contribution is 2.39. The summed E-state index contributed by atoms with van der Waals surface area (Å²) in [6, 6.07) is 11.2. The van der Waals surface area contributed by atoms with E-state index in [1.807, 2.05) is 57.2 Å². The molecule has 0 unspecified atom stereocenters. The zero-order valence-electron chi connectivity index (χ0n) is 23.6. The van der Waals surface area contributed by atoms with Gasteiger partial charge in [0.05, 0.1) is 32.7 Å². The predicted molar refractivity (Wildman–Crippen MR) is 154 cm³/mol. The average molecular weight is 555 g/mol. The third kappa shape index (κ3) is 7.75. The summed E-state index contributed by atoms with van der Waals surface area (Å²) < 4.78 is 22.5. The SMILES string of the molecule is CCCCNC(=O)[C@H](CC)Sc1nnc(-c2ccc(OCC)c(OC)c2)c(-c2ccc(OCC)c(OC)c2)n1. The Morgan fingerprint density at radius 3 is 1.95 bits per heavy atom. The summed E-state index contributed by atoms with van der Waals surface area (Å²) in [5.41, 5.74) is 2.70. The molecule has 0 aliphatic heterocycles. The van der Waals surface area contributed by atoms with E-state index in [1.54, 1.807) is 14.2 Å². The van der Waals surface area contributed by atoms with Gasteiger partial charge in [0.2, 0.25) is 11.1 Å². The minimum Gasteiger partial charge on any atom is -0.493 e. The van der Waals surface area contributed by atoms with E-state index in [9.17, 15) is 4.79 Å². The van der Waals surface area contributed by atoms with E-state index in [-0.39, 0.29) is 11.2 Å². The average Bonchev–Trinajstić information content (AvgIpc) is 2.96. The Labute approximate surface area is 235 Å². The van der Waals surface area contributed by atoms with Crippen molar-refractivity contribution in [1.29, 1.82) is 0 Å². The van der Waals surface area contributed by atoms with Crippen LogP contribution in [0.1, 0.15) is 47.0 Å². The van der Waals surface area contributed by atoms with E-state index in [0.717, 1.165) is 24.0 Å². The Morgan fingerprint density at radius 2 is 1.44 bits per heavy atom. The van der Waals surface area contributed by atoms with Crippen LogP contribution in [0.5, 0.6) is 23.0 Å². The minimum atomic E-state index is -0.331. The number of aromatic nitrogens is 3. The van der Waals surface area contributed by atoms with Gasteiger partial charge < -0.3 is 24.3 Å². The molecule has 1 N–H and O–H groups in total. The molecule has 9 nitrogen and oxygen atoms in total. The van der Waals surface area contributed by atoms with Gasteiger partial charge in [-0.3, -0.25) is 4.79 Å². The fourth-order valence-electron chi connectivity index (χ4n) is 3.89. The smallest absolute Gasteiger partial charge is 0.233 e.